The lowest BCUT2D eigenvalue weighted by molar-refractivity contribution is -0.152. The van der Waals surface area contributed by atoms with Crippen LogP contribution in [0.15, 0.2) is 102 Å². The molecule has 0 spiro atoms. The van der Waals surface area contributed by atoms with Crippen LogP contribution in [-0.4, -0.2) is 35.7 Å². The summed E-state index contributed by atoms with van der Waals surface area (Å²) in [6.07, 6.45) is 2.58. The minimum Gasteiger partial charge on any atom is -0.497 e. The molecule has 1 aliphatic rings. The van der Waals surface area contributed by atoms with E-state index >= 15 is 0 Å². The first-order valence-corrected chi connectivity index (χ1v) is 16.7. The van der Waals surface area contributed by atoms with Crippen LogP contribution in [-0.2, 0) is 29.7 Å². The van der Waals surface area contributed by atoms with Gasteiger partial charge in [0, 0.05) is 37.3 Å². The molecule has 3 atom stereocenters. The minimum atomic E-state index is -0.186. The van der Waals surface area contributed by atoms with E-state index in [0.29, 0.717) is 12.6 Å². The molecule has 0 saturated heterocycles. The molecule has 4 aromatic carbocycles. The van der Waals surface area contributed by atoms with Crippen molar-refractivity contribution in [2.75, 3.05) is 18.5 Å². The standard InChI is InChI=1S/C38H42N4O3S/c1-26-40-36-23-33(19-21-37(36)41(26)2)46-42(3)31-15-12-29(13-16-31)35-22-30(39-24-27-10-17-32(44-4)18-11-27)14-20-34(35)38(43)45-25-28-8-6-5-7-9-28/h5-13,15-19,21,23,30,34-35,39H,14,20,22,24-25H2,1-4H3/t30-,34?,35+/m1/s1. The Hall–Kier alpha value is -4.27. The zero-order valence-electron chi connectivity index (χ0n) is 27.0. The number of esters is 1. The Morgan fingerprint density at radius 3 is 2.48 bits per heavy atom. The lowest BCUT2D eigenvalue weighted by Gasteiger charge is -2.36. The molecular weight excluding hydrogens is 593 g/mol. The average Bonchev–Trinajstić information content (AvgIpc) is 3.38. The second kappa shape index (κ2) is 14.4. The number of methoxy groups -OCH3 is 1. The topological polar surface area (TPSA) is 68.6 Å². The van der Waals surface area contributed by atoms with Crippen molar-refractivity contribution in [3.05, 3.63) is 120 Å². The molecule has 0 radical (unpaired) electrons. The first kappa shape index (κ1) is 31.7. The first-order chi connectivity index (χ1) is 22.4. The lowest BCUT2D eigenvalue weighted by Crippen LogP contribution is -2.39. The van der Waals surface area contributed by atoms with E-state index in [0.717, 1.165) is 64.6 Å². The van der Waals surface area contributed by atoms with Crippen LogP contribution in [0.2, 0.25) is 0 Å². The summed E-state index contributed by atoms with van der Waals surface area (Å²) in [6, 6.07) is 33.5. The predicted molar refractivity (Wildman–Crippen MR) is 186 cm³/mol. The van der Waals surface area contributed by atoms with Crippen LogP contribution in [0, 0.1) is 12.8 Å². The Balaban J connectivity index is 1.15. The second-order valence-electron chi connectivity index (χ2n) is 12.1. The fourth-order valence-corrected chi connectivity index (χ4v) is 7.18. The summed E-state index contributed by atoms with van der Waals surface area (Å²) < 4.78 is 15.5. The van der Waals surface area contributed by atoms with Gasteiger partial charge < -0.3 is 23.7 Å². The van der Waals surface area contributed by atoms with Gasteiger partial charge in [-0.3, -0.25) is 4.79 Å². The number of anilines is 1. The van der Waals surface area contributed by atoms with Crippen molar-refractivity contribution in [2.45, 2.75) is 56.2 Å². The summed E-state index contributed by atoms with van der Waals surface area (Å²) in [5, 5.41) is 3.76. The quantitative estimate of drug-likeness (QED) is 0.117. The smallest absolute Gasteiger partial charge is 0.309 e. The monoisotopic (exact) mass is 634 g/mol. The number of nitrogens with one attached hydrogen (secondary N) is 1. The number of aryl methyl sites for hydroxylation is 2. The van der Waals surface area contributed by atoms with Crippen LogP contribution in [0.1, 0.15) is 47.7 Å². The number of nitrogens with zero attached hydrogens (tertiary/aromatic N) is 3. The SMILES string of the molecule is COc1ccc(CN[C@@H]2CCC(C(=O)OCc3ccccc3)[C@H](c3ccc(N(C)Sc4ccc5c(c4)nc(C)n5C)cc3)C2)cc1. The molecule has 7 nitrogen and oxygen atoms in total. The Kier molecular flexibility index (Phi) is 9.95. The molecule has 46 heavy (non-hydrogen) atoms. The molecular formula is C38H42N4O3S. The molecule has 1 unspecified atom stereocenters. The van der Waals surface area contributed by atoms with E-state index in [1.807, 2.05) is 56.4 Å². The highest BCUT2D eigenvalue weighted by molar-refractivity contribution is 8.00. The van der Waals surface area contributed by atoms with Crippen molar-refractivity contribution in [1.82, 2.24) is 14.9 Å². The van der Waals surface area contributed by atoms with E-state index in [4.69, 9.17) is 14.5 Å². The third-order valence-corrected chi connectivity index (χ3v) is 10.1. The Bertz CT molecular complexity index is 1760. The zero-order chi connectivity index (χ0) is 32.0. The Morgan fingerprint density at radius 2 is 1.74 bits per heavy atom. The van der Waals surface area contributed by atoms with Crippen LogP contribution in [0.5, 0.6) is 5.75 Å². The summed E-state index contributed by atoms with van der Waals surface area (Å²) in [5.74, 6) is 1.63. The van der Waals surface area contributed by atoms with Gasteiger partial charge in [-0.1, -0.05) is 54.6 Å². The van der Waals surface area contributed by atoms with Gasteiger partial charge in [-0.15, -0.1) is 0 Å². The number of ether oxygens (including phenoxy) is 2. The lowest BCUT2D eigenvalue weighted by atomic mass is 9.73. The van der Waals surface area contributed by atoms with Crippen molar-refractivity contribution >= 4 is 34.6 Å². The highest BCUT2D eigenvalue weighted by Crippen LogP contribution is 2.40. The zero-order valence-corrected chi connectivity index (χ0v) is 27.8. The van der Waals surface area contributed by atoms with E-state index in [2.05, 4.69) is 75.8 Å². The maximum atomic E-state index is 13.5. The molecule has 6 rings (SSSR count). The predicted octanol–water partition coefficient (Wildman–Crippen LogP) is 7.82. The van der Waals surface area contributed by atoms with Gasteiger partial charge in [0.1, 0.15) is 18.2 Å². The van der Waals surface area contributed by atoms with Crippen LogP contribution in [0.25, 0.3) is 11.0 Å². The van der Waals surface area contributed by atoms with Crippen LogP contribution in [0.3, 0.4) is 0 Å². The Labute approximate surface area is 276 Å². The molecule has 1 N–H and O–H groups in total. The van der Waals surface area contributed by atoms with Crippen molar-refractivity contribution in [2.24, 2.45) is 13.0 Å². The van der Waals surface area contributed by atoms with Gasteiger partial charge in [0.05, 0.1) is 24.1 Å². The fourth-order valence-electron chi connectivity index (χ4n) is 6.35. The number of carbonyl (C=O) groups excluding carboxylic acids is 1. The number of imidazole rings is 1. The van der Waals surface area contributed by atoms with Crippen LogP contribution in [0.4, 0.5) is 5.69 Å². The van der Waals surface area contributed by atoms with Gasteiger partial charge in [-0.2, -0.15) is 0 Å². The third-order valence-electron chi connectivity index (χ3n) is 9.13. The Morgan fingerprint density at radius 1 is 0.978 bits per heavy atom. The van der Waals surface area contributed by atoms with Crippen LogP contribution >= 0.6 is 11.9 Å². The normalized spacial score (nSPS) is 18.0. The van der Waals surface area contributed by atoms with Gasteiger partial charge in [-0.05, 0) is 103 Å². The molecule has 8 heteroatoms. The molecule has 1 heterocycles. The highest BCUT2D eigenvalue weighted by atomic mass is 32.2. The maximum absolute atomic E-state index is 13.5. The molecule has 1 aromatic heterocycles. The fraction of sp³-hybridized carbons (Fsp3) is 0.316. The summed E-state index contributed by atoms with van der Waals surface area (Å²) in [7, 11) is 5.81. The number of fused-ring (bicyclic) bond motifs is 1. The third kappa shape index (κ3) is 7.40. The van der Waals surface area contributed by atoms with Crippen molar-refractivity contribution in [1.29, 1.82) is 0 Å². The largest absolute Gasteiger partial charge is 0.497 e. The molecule has 1 saturated carbocycles. The number of carbonyl (C=O) groups is 1. The van der Waals surface area contributed by atoms with Gasteiger partial charge in [0.25, 0.3) is 0 Å². The molecule has 1 aliphatic carbocycles. The molecule has 0 amide bonds. The van der Waals surface area contributed by atoms with Gasteiger partial charge in [0.2, 0.25) is 0 Å². The van der Waals surface area contributed by atoms with Crippen molar-refractivity contribution in [3.63, 3.8) is 0 Å². The van der Waals surface area contributed by atoms with Gasteiger partial charge in [0.15, 0.2) is 0 Å². The first-order valence-electron chi connectivity index (χ1n) is 15.9. The highest BCUT2D eigenvalue weighted by Gasteiger charge is 2.37. The molecule has 5 aromatic rings. The maximum Gasteiger partial charge on any atom is 0.309 e. The number of hydrogen-bond acceptors (Lipinski definition) is 7. The molecule has 238 valence electrons. The summed E-state index contributed by atoms with van der Waals surface area (Å²) in [4.78, 5) is 19.4. The van der Waals surface area contributed by atoms with E-state index < -0.39 is 0 Å². The van der Waals surface area contributed by atoms with E-state index in [9.17, 15) is 4.79 Å². The molecule has 0 aliphatic heterocycles. The number of benzene rings is 4. The van der Waals surface area contributed by atoms with Crippen molar-refractivity contribution < 1.29 is 14.3 Å². The second-order valence-corrected chi connectivity index (χ2v) is 13.3. The number of rotatable bonds is 11. The molecule has 0 bridgehead atoms. The molecule has 1 fully saturated rings. The summed E-state index contributed by atoms with van der Waals surface area (Å²) >= 11 is 1.68. The van der Waals surface area contributed by atoms with E-state index in [1.165, 1.54) is 11.1 Å². The minimum absolute atomic E-state index is 0.0622. The van der Waals surface area contributed by atoms with Crippen LogP contribution < -0.4 is 14.4 Å². The van der Waals surface area contributed by atoms with Crippen molar-refractivity contribution in [3.8, 4) is 5.75 Å². The average molecular weight is 635 g/mol. The van der Waals surface area contributed by atoms with Gasteiger partial charge >= 0.3 is 5.97 Å². The number of hydrogen-bond donors (Lipinski definition) is 1. The summed E-state index contributed by atoms with van der Waals surface area (Å²) in [5.41, 5.74) is 6.62. The van der Waals surface area contributed by atoms with Gasteiger partial charge in [-0.25, -0.2) is 4.98 Å². The summed E-state index contributed by atoms with van der Waals surface area (Å²) in [6.45, 7) is 3.10. The van der Waals surface area contributed by atoms with E-state index in [-0.39, 0.29) is 17.8 Å². The number of aromatic nitrogens is 2. The van der Waals surface area contributed by atoms with E-state index in [1.54, 1.807) is 19.1 Å².